The summed E-state index contributed by atoms with van der Waals surface area (Å²) >= 11 is 0. The highest BCUT2D eigenvalue weighted by molar-refractivity contribution is 5.77. The Bertz CT molecular complexity index is 394. The van der Waals surface area contributed by atoms with Crippen LogP contribution in [0.4, 0.5) is 0 Å². The molecule has 0 bridgehead atoms. The van der Waals surface area contributed by atoms with Crippen LogP contribution in [0.3, 0.4) is 0 Å². The van der Waals surface area contributed by atoms with Crippen LogP contribution in [-0.2, 0) is 4.79 Å². The molecular weight excluding hydrogens is 232 g/mol. The molecule has 0 aliphatic heterocycles. The average Bonchev–Trinajstić information content (AvgIpc) is 2.38. The number of hydrogen-bond acceptors (Lipinski definition) is 4. The van der Waals surface area contributed by atoms with Crippen molar-refractivity contribution in [3.8, 4) is 11.5 Å². The van der Waals surface area contributed by atoms with Crippen LogP contribution in [0, 0.1) is 6.92 Å². The van der Waals surface area contributed by atoms with Gasteiger partial charge in [-0.05, 0) is 32.0 Å². The molecule has 0 saturated carbocycles. The van der Waals surface area contributed by atoms with E-state index in [0.717, 1.165) is 17.7 Å². The van der Waals surface area contributed by atoms with E-state index < -0.39 is 0 Å². The topological polar surface area (TPSA) is 73.6 Å². The van der Waals surface area contributed by atoms with Gasteiger partial charge in [-0.3, -0.25) is 4.79 Å². The third kappa shape index (κ3) is 4.25. The number of benzene rings is 1. The molecule has 0 heterocycles. The molecule has 1 rings (SSSR count). The summed E-state index contributed by atoms with van der Waals surface area (Å²) in [6, 6.07) is 5.49. The highest BCUT2D eigenvalue weighted by Crippen LogP contribution is 2.26. The third-order valence-corrected chi connectivity index (χ3v) is 2.52. The lowest BCUT2D eigenvalue weighted by atomic mass is 10.2. The van der Waals surface area contributed by atoms with Gasteiger partial charge in [0.05, 0.1) is 7.11 Å². The second-order valence-corrected chi connectivity index (χ2v) is 3.86. The predicted molar refractivity (Wildman–Crippen MR) is 69.9 cm³/mol. The minimum Gasteiger partial charge on any atom is -0.496 e. The fraction of sp³-hybridized carbons (Fsp3) is 0.462. The van der Waals surface area contributed by atoms with E-state index >= 15 is 0 Å². The van der Waals surface area contributed by atoms with Crippen molar-refractivity contribution in [2.24, 2.45) is 5.73 Å². The Labute approximate surface area is 107 Å². The van der Waals surface area contributed by atoms with Gasteiger partial charge >= 0.3 is 0 Å². The van der Waals surface area contributed by atoms with Crippen molar-refractivity contribution in [3.05, 3.63) is 23.8 Å². The maximum absolute atomic E-state index is 11.4. The van der Waals surface area contributed by atoms with Crippen molar-refractivity contribution in [1.29, 1.82) is 0 Å². The lowest BCUT2D eigenvalue weighted by Crippen LogP contribution is -2.30. The Hall–Kier alpha value is -1.75. The zero-order chi connectivity index (χ0) is 13.4. The average molecular weight is 252 g/mol. The summed E-state index contributed by atoms with van der Waals surface area (Å²) in [4.78, 5) is 11.4. The van der Waals surface area contributed by atoms with Gasteiger partial charge in [-0.15, -0.1) is 0 Å². The molecule has 0 atom stereocenters. The minimum absolute atomic E-state index is 0.00141. The molecule has 0 fully saturated rings. The van der Waals surface area contributed by atoms with Gasteiger partial charge in [-0.25, -0.2) is 0 Å². The number of nitrogens with one attached hydrogen (secondary N) is 1. The van der Waals surface area contributed by atoms with E-state index in [0.29, 0.717) is 18.8 Å². The molecule has 3 N–H and O–H groups in total. The van der Waals surface area contributed by atoms with Crippen LogP contribution in [-0.4, -0.2) is 32.7 Å². The third-order valence-electron chi connectivity index (χ3n) is 2.52. The number of carbonyl (C=O) groups is 1. The number of methoxy groups -OCH3 is 1. The smallest absolute Gasteiger partial charge is 0.257 e. The van der Waals surface area contributed by atoms with E-state index in [4.69, 9.17) is 15.2 Å². The Morgan fingerprint density at radius 1 is 1.39 bits per heavy atom. The van der Waals surface area contributed by atoms with Crippen LogP contribution >= 0.6 is 0 Å². The first-order valence-electron chi connectivity index (χ1n) is 5.92. The maximum Gasteiger partial charge on any atom is 0.257 e. The van der Waals surface area contributed by atoms with E-state index in [1.54, 1.807) is 7.11 Å². The second kappa shape index (κ2) is 7.55. The van der Waals surface area contributed by atoms with Gasteiger partial charge in [-0.2, -0.15) is 0 Å². The highest BCUT2D eigenvalue weighted by atomic mass is 16.5. The van der Waals surface area contributed by atoms with Gasteiger partial charge in [0.25, 0.3) is 5.91 Å². The normalized spacial score (nSPS) is 9.94. The van der Waals surface area contributed by atoms with Crippen molar-refractivity contribution >= 4 is 5.91 Å². The fourth-order valence-electron chi connectivity index (χ4n) is 1.50. The standard InChI is InChI=1S/C13H20N2O3/c1-10-11(17-2)5-3-6-12(10)18-9-13(16)15-8-4-7-14/h3,5-6H,4,7-9,14H2,1-2H3,(H,15,16). The molecule has 0 spiro atoms. The van der Waals surface area contributed by atoms with Gasteiger partial charge in [0.1, 0.15) is 11.5 Å². The molecule has 5 heteroatoms. The van der Waals surface area contributed by atoms with Crippen molar-refractivity contribution in [1.82, 2.24) is 5.32 Å². The fourth-order valence-corrected chi connectivity index (χ4v) is 1.50. The van der Waals surface area contributed by atoms with E-state index in [1.807, 2.05) is 25.1 Å². The molecule has 1 aromatic rings. The summed E-state index contributed by atoms with van der Waals surface area (Å²) in [5.74, 6) is 1.25. The van der Waals surface area contributed by atoms with Gasteiger partial charge < -0.3 is 20.5 Å². The molecule has 0 aliphatic rings. The summed E-state index contributed by atoms with van der Waals surface area (Å²) in [5.41, 5.74) is 6.22. The van der Waals surface area contributed by atoms with Gasteiger partial charge in [0.2, 0.25) is 0 Å². The summed E-state index contributed by atoms with van der Waals surface area (Å²) in [5, 5.41) is 2.73. The molecule has 100 valence electrons. The molecule has 0 unspecified atom stereocenters. The number of carbonyl (C=O) groups excluding carboxylic acids is 1. The molecule has 0 aliphatic carbocycles. The largest absolute Gasteiger partial charge is 0.496 e. The predicted octanol–water partition coefficient (Wildman–Crippen LogP) is 0.847. The maximum atomic E-state index is 11.4. The quantitative estimate of drug-likeness (QED) is 0.705. The number of ether oxygens (including phenoxy) is 2. The summed E-state index contributed by atoms with van der Waals surface area (Å²) in [6.07, 6.45) is 0.768. The van der Waals surface area contributed by atoms with Crippen LogP contribution in [0.15, 0.2) is 18.2 Å². The molecular formula is C13H20N2O3. The molecule has 5 nitrogen and oxygen atoms in total. The van der Waals surface area contributed by atoms with E-state index in [2.05, 4.69) is 5.32 Å². The number of rotatable bonds is 7. The minimum atomic E-state index is -0.148. The lowest BCUT2D eigenvalue weighted by molar-refractivity contribution is -0.123. The Morgan fingerprint density at radius 2 is 2.11 bits per heavy atom. The van der Waals surface area contributed by atoms with Crippen LogP contribution in [0.2, 0.25) is 0 Å². The summed E-state index contributed by atoms with van der Waals surface area (Å²) in [7, 11) is 1.60. The molecule has 1 aromatic carbocycles. The molecule has 1 amide bonds. The zero-order valence-corrected chi connectivity index (χ0v) is 10.9. The van der Waals surface area contributed by atoms with Crippen molar-refractivity contribution in [3.63, 3.8) is 0 Å². The molecule has 0 saturated heterocycles. The number of amides is 1. The van der Waals surface area contributed by atoms with Gasteiger partial charge in [0.15, 0.2) is 6.61 Å². The van der Waals surface area contributed by atoms with E-state index in [1.165, 1.54) is 0 Å². The SMILES string of the molecule is COc1cccc(OCC(=O)NCCCN)c1C. The highest BCUT2D eigenvalue weighted by Gasteiger charge is 2.07. The van der Waals surface area contributed by atoms with E-state index in [9.17, 15) is 4.79 Å². The Morgan fingerprint density at radius 3 is 2.78 bits per heavy atom. The number of hydrogen-bond donors (Lipinski definition) is 2. The zero-order valence-electron chi connectivity index (χ0n) is 10.9. The monoisotopic (exact) mass is 252 g/mol. The first-order valence-corrected chi connectivity index (χ1v) is 5.92. The van der Waals surface area contributed by atoms with Crippen LogP contribution in [0.5, 0.6) is 11.5 Å². The first kappa shape index (κ1) is 14.3. The lowest BCUT2D eigenvalue weighted by Gasteiger charge is -2.11. The Kier molecular flexibility index (Phi) is 6.00. The molecule has 18 heavy (non-hydrogen) atoms. The van der Waals surface area contributed by atoms with Gasteiger partial charge in [0, 0.05) is 12.1 Å². The summed E-state index contributed by atoms with van der Waals surface area (Å²) < 4.78 is 10.6. The number of nitrogens with two attached hydrogens (primary N) is 1. The van der Waals surface area contributed by atoms with Crippen molar-refractivity contribution < 1.29 is 14.3 Å². The van der Waals surface area contributed by atoms with Crippen LogP contribution < -0.4 is 20.5 Å². The first-order chi connectivity index (χ1) is 8.69. The van der Waals surface area contributed by atoms with Crippen LogP contribution in [0.1, 0.15) is 12.0 Å². The van der Waals surface area contributed by atoms with Gasteiger partial charge in [-0.1, -0.05) is 6.07 Å². The van der Waals surface area contributed by atoms with E-state index in [-0.39, 0.29) is 12.5 Å². The summed E-state index contributed by atoms with van der Waals surface area (Å²) in [6.45, 7) is 3.03. The second-order valence-electron chi connectivity index (χ2n) is 3.86. The molecule has 0 radical (unpaired) electrons. The molecule has 0 aromatic heterocycles. The van der Waals surface area contributed by atoms with Crippen molar-refractivity contribution in [2.75, 3.05) is 26.8 Å². The van der Waals surface area contributed by atoms with Crippen molar-refractivity contribution in [2.45, 2.75) is 13.3 Å². The van der Waals surface area contributed by atoms with Crippen LogP contribution in [0.25, 0.3) is 0 Å². The Balaban J connectivity index is 2.46.